The predicted octanol–water partition coefficient (Wildman–Crippen LogP) is 2.06. The lowest BCUT2D eigenvalue weighted by Gasteiger charge is -2.13. The van der Waals surface area contributed by atoms with Crippen molar-refractivity contribution in [2.75, 3.05) is 7.11 Å². The van der Waals surface area contributed by atoms with Gasteiger partial charge in [-0.2, -0.15) is 5.10 Å². The molecule has 0 unspecified atom stereocenters. The van der Waals surface area contributed by atoms with Crippen molar-refractivity contribution in [2.45, 2.75) is 51.7 Å². The highest BCUT2D eigenvalue weighted by Gasteiger charge is 2.24. The van der Waals surface area contributed by atoms with E-state index in [0.29, 0.717) is 6.04 Å². The summed E-state index contributed by atoms with van der Waals surface area (Å²) >= 11 is 0. The largest absolute Gasteiger partial charge is 0.481 e. The zero-order chi connectivity index (χ0) is 11.5. The third kappa shape index (κ3) is 1.82. The molecule has 16 heavy (non-hydrogen) atoms. The molecule has 1 aliphatic carbocycles. The van der Waals surface area contributed by atoms with E-state index in [1.165, 1.54) is 25.7 Å². The first-order valence-corrected chi connectivity index (χ1v) is 6.06. The van der Waals surface area contributed by atoms with Crippen LogP contribution in [0.25, 0.3) is 0 Å². The Morgan fingerprint density at radius 2 is 2.12 bits per heavy atom. The Hall–Kier alpha value is -1.03. The number of ether oxygens (including phenoxy) is 1. The Labute approximate surface area is 96.2 Å². The molecule has 1 aromatic rings. The summed E-state index contributed by atoms with van der Waals surface area (Å²) in [5.74, 6) is 0.756. The van der Waals surface area contributed by atoms with E-state index in [-0.39, 0.29) is 6.61 Å². The smallest absolute Gasteiger partial charge is 0.217 e. The van der Waals surface area contributed by atoms with E-state index in [1.54, 1.807) is 7.11 Å². The highest BCUT2D eigenvalue weighted by Crippen LogP contribution is 2.35. The topological polar surface area (TPSA) is 47.3 Å². The summed E-state index contributed by atoms with van der Waals surface area (Å²) in [7, 11) is 1.65. The molecule has 90 valence electrons. The van der Waals surface area contributed by atoms with Gasteiger partial charge in [-0.25, -0.2) is 4.68 Å². The van der Waals surface area contributed by atoms with E-state index in [1.807, 2.05) is 4.68 Å². The molecule has 0 atom stereocenters. The average Bonchev–Trinajstić information content (AvgIpc) is 2.94. The lowest BCUT2D eigenvalue weighted by atomic mass is 10.2. The summed E-state index contributed by atoms with van der Waals surface area (Å²) in [6.45, 7) is 2.07. The molecule has 1 fully saturated rings. The van der Waals surface area contributed by atoms with Gasteiger partial charge in [-0.3, -0.25) is 0 Å². The van der Waals surface area contributed by atoms with Crippen LogP contribution in [0.2, 0.25) is 0 Å². The van der Waals surface area contributed by atoms with Gasteiger partial charge in [-0.1, -0.05) is 19.8 Å². The summed E-state index contributed by atoms with van der Waals surface area (Å²) in [6, 6.07) is 0.459. The van der Waals surface area contributed by atoms with Crippen molar-refractivity contribution >= 4 is 0 Å². The van der Waals surface area contributed by atoms with Crippen molar-refractivity contribution in [3.05, 3.63) is 11.3 Å². The number of hydrogen-bond donors (Lipinski definition) is 1. The second kappa shape index (κ2) is 4.87. The average molecular weight is 224 g/mol. The summed E-state index contributed by atoms with van der Waals surface area (Å²) < 4.78 is 7.39. The molecule has 1 heterocycles. The molecular weight excluding hydrogens is 204 g/mol. The molecule has 0 saturated heterocycles. The maximum Gasteiger partial charge on any atom is 0.217 e. The first-order valence-electron chi connectivity index (χ1n) is 6.06. The number of nitrogens with zero attached hydrogens (tertiary/aromatic N) is 2. The van der Waals surface area contributed by atoms with Gasteiger partial charge < -0.3 is 9.84 Å². The molecule has 1 aromatic heterocycles. The van der Waals surface area contributed by atoms with Crippen molar-refractivity contribution in [2.24, 2.45) is 0 Å². The van der Waals surface area contributed by atoms with Gasteiger partial charge in [0, 0.05) is 0 Å². The first-order chi connectivity index (χ1) is 7.81. The maximum absolute atomic E-state index is 9.38. The van der Waals surface area contributed by atoms with Gasteiger partial charge in [0.05, 0.1) is 31.0 Å². The fourth-order valence-corrected chi connectivity index (χ4v) is 2.55. The minimum Gasteiger partial charge on any atom is -0.481 e. The Kier molecular flexibility index (Phi) is 3.49. The molecular formula is C12H20N2O2. The van der Waals surface area contributed by atoms with Gasteiger partial charge in [0.2, 0.25) is 5.88 Å². The Morgan fingerprint density at radius 3 is 2.62 bits per heavy atom. The van der Waals surface area contributed by atoms with Crippen molar-refractivity contribution in [3.8, 4) is 5.88 Å². The summed E-state index contributed by atoms with van der Waals surface area (Å²) in [5, 5.41) is 14.0. The number of aliphatic hydroxyl groups is 1. The monoisotopic (exact) mass is 224 g/mol. The number of aliphatic hydroxyl groups excluding tert-OH is 1. The molecule has 1 saturated carbocycles. The molecule has 0 bridgehead atoms. The molecule has 0 spiro atoms. The first kappa shape index (κ1) is 11.5. The fourth-order valence-electron chi connectivity index (χ4n) is 2.55. The van der Waals surface area contributed by atoms with Gasteiger partial charge in [-0.15, -0.1) is 0 Å². The molecule has 1 aliphatic rings. The van der Waals surface area contributed by atoms with Crippen LogP contribution in [0, 0.1) is 0 Å². The predicted molar refractivity (Wildman–Crippen MR) is 61.6 cm³/mol. The molecule has 2 rings (SSSR count). The quantitative estimate of drug-likeness (QED) is 0.851. The molecule has 1 N–H and O–H groups in total. The minimum atomic E-state index is 0.0130. The van der Waals surface area contributed by atoms with Crippen LogP contribution >= 0.6 is 0 Å². The van der Waals surface area contributed by atoms with Crippen LogP contribution in [0.3, 0.4) is 0 Å². The van der Waals surface area contributed by atoms with Gasteiger partial charge in [0.15, 0.2) is 0 Å². The third-order valence-electron chi connectivity index (χ3n) is 3.40. The normalized spacial score (nSPS) is 16.9. The van der Waals surface area contributed by atoms with E-state index in [9.17, 15) is 5.11 Å². The van der Waals surface area contributed by atoms with Gasteiger partial charge >= 0.3 is 0 Å². The van der Waals surface area contributed by atoms with Crippen LogP contribution in [0.1, 0.15) is 49.9 Å². The van der Waals surface area contributed by atoms with Crippen molar-refractivity contribution in [3.63, 3.8) is 0 Å². The Morgan fingerprint density at radius 1 is 1.44 bits per heavy atom. The number of hydrogen-bond acceptors (Lipinski definition) is 3. The van der Waals surface area contributed by atoms with E-state index >= 15 is 0 Å². The third-order valence-corrected chi connectivity index (χ3v) is 3.40. The summed E-state index contributed by atoms with van der Waals surface area (Å²) in [4.78, 5) is 0. The molecule has 0 aliphatic heterocycles. The lowest BCUT2D eigenvalue weighted by Crippen LogP contribution is -2.09. The van der Waals surface area contributed by atoms with Crippen LogP contribution in [0.15, 0.2) is 0 Å². The second-order valence-corrected chi connectivity index (χ2v) is 4.33. The highest BCUT2D eigenvalue weighted by molar-refractivity contribution is 5.31. The van der Waals surface area contributed by atoms with Gasteiger partial charge in [-0.05, 0) is 19.3 Å². The van der Waals surface area contributed by atoms with Gasteiger partial charge in [0.1, 0.15) is 0 Å². The number of aromatic nitrogens is 2. The molecule has 0 radical (unpaired) electrons. The SMILES string of the molecule is CCc1nn(C2CCCC2)c(OC)c1CO. The minimum absolute atomic E-state index is 0.0130. The summed E-state index contributed by atoms with van der Waals surface area (Å²) in [6.07, 6.45) is 5.72. The van der Waals surface area contributed by atoms with E-state index in [4.69, 9.17) is 4.74 Å². The summed E-state index contributed by atoms with van der Waals surface area (Å²) in [5.41, 5.74) is 1.82. The Balaban J connectivity index is 2.39. The van der Waals surface area contributed by atoms with E-state index < -0.39 is 0 Å². The zero-order valence-electron chi connectivity index (χ0n) is 10.1. The van der Waals surface area contributed by atoms with Crippen LogP contribution < -0.4 is 4.74 Å². The van der Waals surface area contributed by atoms with E-state index in [2.05, 4.69) is 12.0 Å². The lowest BCUT2D eigenvalue weighted by molar-refractivity contribution is 0.266. The molecule has 0 amide bonds. The van der Waals surface area contributed by atoms with Gasteiger partial charge in [0.25, 0.3) is 0 Å². The molecule has 4 heteroatoms. The fraction of sp³-hybridized carbons (Fsp3) is 0.750. The highest BCUT2D eigenvalue weighted by atomic mass is 16.5. The molecule has 0 aromatic carbocycles. The standard InChI is InChI=1S/C12H20N2O2/c1-3-11-10(8-15)12(16-2)14(13-11)9-6-4-5-7-9/h9,15H,3-8H2,1-2H3. The molecule has 4 nitrogen and oxygen atoms in total. The second-order valence-electron chi connectivity index (χ2n) is 4.33. The van der Waals surface area contributed by atoms with Crippen molar-refractivity contribution < 1.29 is 9.84 Å². The van der Waals surface area contributed by atoms with E-state index in [0.717, 1.165) is 23.6 Å². The Bertz CT molecular complexity index is 354. The number of rotatable bonds is 4. The van der Waals surface area contributed by atoms with Crippen LogP contribution in [0.5, 0.6) is 5.88 Å². The van der Waals surface area contributed by atoms with Crippen LogP contribution in [0.4, 0.5) is 0 Å². The van der Waals surface area contributed by atoms with Crippen LogP contribution in [-0.4, -0.2) is 22.0 Å². The van der Waals surface area contributed by atoms with Crippen LogP contribution in [-0.2, 0) is 13.0 Å². The number of aryl methyl sites for hydroxylation is 1. The van der Waals surface area contributed by atoms with Crippen molar-refractivity contribution in [1.29, 1.82) is 0 Å². The zero-order valence-corrected chi connectivity index (χ0v) is 10.1. The number of methoxy groups -OCH3 is 1. The maximum atomic E-state index is 9.38. The van der Waals surface area contributed by atoms with Crippen molar-refractivity contribution in [1.82, 2.24) is 9.78 Å².